The van der Waals surface area contributed by atoms with Gasteiger partial charge in [-0.25, -0.2) is 4.79 Å². The molecule has 1 aromatic carbocycles. The topological polar surface area (TPSA) is 77.8 Å². The minimum absolute atomic E-state index is 0.358. The number of H-pyrrole nitrogens is 2. The van der Waals surface area contributed by atoms with Crippen molar-refractivity contribution in [1.29, 1.82) is 0 Å². The van der Waals surface area contributed by atoms with Gasteiger partial charge in [0.15, 0.2) is 0 Å². The largest absolute Gasteiger partial charge is 0.326 e. The standard InChI is InChI=1S/C13H17N3O2S.C2H6/c1-3-8(4-2)16-19-9-5-6-11-10(7-9)12(17)15-13(18)14-11;1-2/h5-8,16H,3-4H2,1-2H3,(H2,14,15,17,18);1-2H3. The smallest absolute Gasteiger partial charge is 0.307 e. The third-order valence-corrected chi connectivity index (χ3v) is 3.98. The summed E-state index contributed by atoms with van der Waals surface area (Å²) in [6.45, 7) is 8.27. The maximum Gasteiger partial charge on any atom is 0.326 e. The molecule has 116 valence electrons. The van der Waals surface area contributed by atoms with E-state index < -0.39 is 5.69 Å². The second-order valence-corrected chi connectivity index (χ2v) is 5.26. The van der Waals surface area contributed by atoms with Gasteiger partial charge in [0.05, 0.1) is 10.9 Å². The summed E-state index contributed by atoms with van der Waals surface area (Å²) >= 11 is 1.51. The van der Waals surface area contributed by atoms with E-state index in [9.17, 15) is 9.59 Å². The first-order valence-corrected chi connectivity index (χ1v) is 8.14. The summed E-state index contributed by atoms with van der Waals surface area (Å²) in [5.41, 5.74) is -0.280. The number of rotatable bonds is 5. The van der Waals surface area contributed by atoms with Crippen LogP contribution in [0.5, 0.6) is 0 Å². The Morgan fingerprint density at radius 3 is 2.43 bits per heavy atom. The van der Waals surface area contributed by atoms with E-state index in [0.29, 0.717) is 16.9 Å². The highest BCUT2D eigenvalue weighted by Crippen LogP contribution is 2.19. The van der Waals surface area contributed by atoms with Crippen molar-refractivity contribution in [2.24, 2.45) is 0 Å². The molecule has 3 N–H and O–H groups in total. The zero-order valence-electron chi connectivity index (χ0n) is 12.9. The van der Waals surface area contributed by atoms with Crippen LogP contribution in [0.15, 0.2) is 32.7 Å². The molecule has 0 bridgehead atoms. The van der Waals surface area contributed by atoms with Gasteiger partial charge in [-0.15, -0.1) is 0 Å². The van der Waals surface area contributed by atoms with Crippen LogP contribution in [0.1, 0.15) is 40.5 Å². The Kier molecular flexibility index (Phi) is 7.25. The van der Waals surface area contributed by atoms with Crippen molar-refractivity contribution in [2.75, 3.05) is 0 Å². The molecule has 0 aliphatic carbocycles. The molecule has 0 aliphatic heterocycles. The van der Waals surface area contributed by atoms with Crippen LogP contribution in [0.25, 0.3) is 10.9 Å². The number of aromatic amines is 2. The molecule has 0 aliphatic rings. The molecule has 0 saturated heterocycles. The second kappa shape index (κ2) is 8.69. The molecular formula is C15H23N3O2S. The van der Waals surface area contributed by atoms with Crippen molar-refractivity contribution in [3.05, 3.63) is 39.0 Å². The average Bonchev–Trinajstić information content (AvgIpc) is 2.50. The van der Waals surface area contributed by atoms with E-state index in [1.54, 1.807) is 12.1 Å². The van der Waals surface area contributed by atoms with Gasteiger partial charge in [0.2, 0.25) is 0 Å². The fourth-order valence-electron chi connectivity index (χ4n) is 1.81. The molecule has 0 unspecified atom stereocenters. The molecule has 6 heteroatoms. The number of hydrogen-bond donors (Lipinski definition) is 3. The summed E-state index contributed by atoms with van der Waals surface area (Å²) in [4.78, 5) is 28.6. The first kappa shape index (κ1) is 17.5. The van der Waals surface area contributed by atoms with Crippen molar-refractivity contribution in [1.82, 2.24) is 14.7 Å². The van der Waals surface area contributed by atoms with Gasteiger partial charge in [-0.05, 0) is 43.0 Å². The molecule has 1 aromatic heterocycles. The van der Waals surface area contributed by atoms with Crippen LogP contribution in [0.4, 0.5) is 0 Å². The van der Waals surface area contributed by atoms with Gasteiger partial charge >= 0.3 is 5.69 Å². The van der Waals surface area contributed by atoms with Gasteiger partial charge in [0.25, 0.3) is 5.56 Å². The Morgan fingerprint density at radius 2 is 1.81 bits per heavy atom. The molecular weight excluding hydrogens is 286 g/mol. The number of nitrogens with one attached hydrogen (secondary N) is 3. The first-order chi connectivity index (χ1) is 10.1. The summed E-state index contributed by atoms with van der Waals surface area (Å²) in [5.74, 6) is 0. The van der Waals surface area contributed by atoms with E-state index in [0.717, 1.165) is 17.7 Å². The molecule has 0 atom stereocenters. The summed E-state index contributed by atoms with van der Waals surface area (Å²) in [6, 6.07) is 5.87. The van der Waals surface area contributed by atoms with Gasteiger partial charge in [-0.3, -0.25) is 14.5 Å². The summed E-state index contributed by atoms with van der Waals surface area (Å²) in [5, 5.41) is 0.496. The molecule has 0 amide bonds. The number of aromatic nitrogens is 2. The van der Waals surface area contributed by atoms with Crippen LogP contribution in [0.3, 0.4) is 0 Å². The lowest BCUT2D eigenvalue weighted by molar-refractivity contribution is 0.591. The first-order valence-electron chi connectivity index (χ1n) is 7.32. The highest BCUT2D eigenvalue weighted by molar-refractivity contribution is 7.97. The summed E-state index contributed by atoms with van der Waals surface area (Å²) in [6.07, 6.45) is 2.12. The van der Waals surface area contributed by atoms with E-state index in [4.69, 9.17) is 0 Å². The molecule has 0 saturated carbocycles. The minimum Gasteiger partial charge on any atom is -0.307 e. The van der Waals surface area contributed by atoms with Crippen molar-refractivity contribution >= 4 is 22.9 Å². The van der Waals surface area contributed by atoms with Crippen molar-refractivity contribution < 1.29 is 0 Å². The third-order valence-electron chi connectivity index (χ3n) is 3.04. The normalized spacial score (nSPS) is 10.5. The minimum atomic E-state index is -0.479. The number of fused-ring (bicyclic) bond motifs is 1. The summed E-state index contributed by atoms with van der Waals surface area (Å²) < 4.78 is 3.36. The van der Waals surface area contributed by atoms with E-state index in [2.05, 4.69) is 28.5 Å². The van der Waals surface area contributed by atoms with Crippen LogP contribution < -0.4 is 16.0 Å². The monoisotopic (exact) mass is 309 g/mol. The SMILES string of the molecule is CC.CCC(CC)NSc1ccc2[nH]c(=O)[nH]c(=O)c2c1. The lowest BCUT2D eigenvalue weighted by Crippen LogP contribution is -2.22. The van der Waals surface area contributed by atoms with E-state index in [1.807, 2.05) is 19.9 Å². The highest BCUT2D eigenvalue weighted by atomic mass is 32.2. The number of hydrogen-bond acceptors (Lipinski definition) is 4. The molecule has 2 rings (SSSR count). The fourth-order valence-corrected chi connectivity index (χ4v) is 2.76. The maximum absolute atomic E-state index is 11.7. The maximum atomic E-state index is 11.7. The molecule has 2 aromatic rings. The average molecular weight is 309 g/mol. The molecule has 0 radical (unpaired) electrons. The Bertz CT molecular complexity index is 674. The number of benzene rings is 1. The molecule has 21 heavy (non-hydrogen) atoms. The van der Waals surface area contributed by atoms with Crippen LogP contribution in [-0.2, 0) is 0 Å². The van der Waals surface area contributed by atoms with Crippen LogP contribution >= 0.6 is 11.9 Å². The molecule has 0 fully saturated rings. The van der Waals surface area contributed by atoms with Gasteiger partial charge in [-0.2, -0.15) is 0 Å². The lowest BCUT2D eigenvalue weighted by atomic mass is 10.2. The van der Waals surface area contributed by atoms with Crippen LogP contribution in [0.2, 0.25) is 0 Å². The van der Waals surface area contributed by atoms with E-state index >= 15 is 0 Å². The molecule has 5 nitrogen and oxygen atoms in total. The van der Waals surface area contributed by atoms with E-state index in [1.165, 1.54) is 11.9 Å². The van der Waals surface area contributed by atoms with Gasteiger partial charge in [0, 0.05) is 10.9 Å². The summed E-state index contributed by atoms with van der Waals surface area (Å²) in [7, 11) is 0. The predicted octanol–water partition coefficient (Wildman–Crippen LogP) is 3.03. The van der Waals surface area contributed by atoms with Gasteiger partial charge in [-0.1, -0.05) is 27.7 Å². The Morgan fingerprint density at radius 1 is 1.14 bits per heavy atom. The van der Waals surface area contributed by atoms with Crippen LogP contribution in [-0.4, -0.2) is 16.0 Å². The zero-order valence-corrected chi connectivity index (χ0v) is 13.8. The Balaban J connectivity index is 0.00000106. The Labute approximate surface area is 128 Å². The zero-order chi connectivity index (χ0) is 15.8. The lowest BCUT2D eigenvalue weighted by Gasteiger charge is -2.13. The van der Waals surface area contributed by atoms with Crippen molar-refractivity contribution in [3.8, 4) is 0 Å². The fraction of sp³-hybridized carbons (Fsp3) is 0.467. The Hall–Kier alpha value is -1.53. The quantitative estimate of drug-likeness (QED) is 0.742. The predicted molar refractivity (Wildman–Crippen MR) is 89.9 cm³/mol. The van der Waals surface area contributed by atoms with Crippen LogP contribution in [0, 0.1) is 0 Å². The molecule has 0 spiro atoms. The second-order valence-electron chi connectivity index (χ2n) is 4.35. The highest BCUT2D eigenvalue weighted by Gasteiger charge is 2.05. The van der Waals surface area contributed by atoms with E-state index in [-0.39, 0.29) is 5.56 Å². The third kappa shape index (κ3) is 4.75. The van der Waals surface area contributed by atoms with Crippen molar-refractivity contribution in [3.63, 3.8) is 0 Å². The van der Waals surface area contributed by atoms with Crippen molar-refractivity contribution in [2.45, 2.75) is 51.5 Å². The van der Waals surface area contributed by atoms with Gasteiger partial charge in [0.1, 0.15) is 0 Å². The van der Waals surface area contributed by atoms with Gasteiger partial charge < -0.3 is 4.98 Å². The molecule has 1 heterocycles.